The highest BCUT2D eigenvalue weighted by atomic mass is 32.2. The molecular weight excluding hydrogens is 256 g/mol. The molecule has 0 aromatic rings. The van der Waals surface area contributed by atoms with Crippen LogP contribution < -0.4 is 0 Å². The Morgan fingerprint density at radius 2 is 2.29 bits per heavy atom. The maximum atomic E-state index is 11.8. The predicted molar refractivity (Wildman–Crippen MR) is 72.3 cm³/mol. The van der Waals surface area contributed by atoms with Gasteiger partial charge in [0.1, 0.15) is 0 Å². The zero-order valence-corrected chi connectivity index (χ0v) is 11.4. The molecule has 2 rings (SSSR count). The second kappa shape index (κ2) is 5.10. The molecule has 2 saturated heterocycles. The van der Waals surface area contributed by atoms with E-state index < -0.39 is 0 Å². The first kappa shape index (κ1) is 12.4. The Morgan fingerprint density at radius 1 is 1.53 bits per heavy atom. The van der Waals surface area contributed by atoms with Crippen LogP contribution in [-0.2, 0) is 9.53 Å². The molecular formula is C11H14N2O2S2. The van der Waals surface area contributed by atoms with Crippen LogP contribution in [0.2, 0.25) is 0 Å². The van der Waals surface area contributed by atoms with Crippen molar-refractivity contribution >= 4 is 35.1 Å². The summed E-state index contributed by atoms with van der Waals surface area (Å²) in [6.45, 7) is 3.45. The Hall–Kier alpha value is -1.01. The zero-order chi connectivity index (χ0) is 12.4. The number of ether oxygens (including phenoxy) is 1. The first-order valence-corrected chi connectivity index (χ1v) is 6.82. The van der Waals surface area contributed by atoms with Crippen LogP contribution in [0.25, 0.3) is 0 Å². The Balaban J connectivity index is 2.13. The van der Waals surface area contributed by atoms with Gasteiger partial charge in [-0.05, 0) is 31.3 Å². The molecule has 0 atom stereocenters. The Kier molecular flexibility index (Phi) is 3.73. The summed E-state index contributed by atoms with van der Waals surface area (Å²) < 4.78 is 5.27. The first-order chi connectivity index (χ1) is 8.13. The van der Waals surface area contributed by atoms with Crippen LogP contribution in [0.15, 0.2) is 22.9 Å². The van der Waals surface area contributed by atoms with Gasteiger partial charge >= 0.3 is 0 Å². The number of thiocarbonyl (C=S) groups is 1. The van der Waals surface area contributed by atoms with E-state index in [2.05, 4.69) is 4.90 Å². The normalized spacial score (nSPS) is 25.3. The fourth-order valence-corrected chi connectivity index (χ4v) is 2.97. The summed E-state index contributed by atoms with van der Waals surface area (Å²) >= 11 is 6.74. The lowest BCUT2D eigenvalue weighted by atomic mass is 10.4. The van der Waals surface area contributed by atoms with E-state index in [0.717, 1.165) is 17.3 Å². The number of hydrogen-bond acceptors (Lipinski definition) is 5. The maximum Gasteiger partial charge on any atom is 0.297 e. The molecule has 1 amide bonds. The number of amides is 1. The molecule has 6 heteroatoms. The van der Waals surface area contributed by atoms with Crippen molar-refractivity contribution in [3.63, 3.8) is 0 Å². The van der Waals surface area contributed by atoms with Crippen molar-refractivity contribution in [2.75, 3.05) is 25.9 Å². The van der Waals surface area contributed by atoms with Crippen LogP contribution >= 0.6 is 24.0 Å². The van der Waals surface area contributed by atoms with Gasteiger partial charge in [0.05, 0.1) is 5.03 Å². The van der Waals surface area contributed by atoms with E-state index in [1.54, 1.807) is 17.8 Å². The van der Waals surface area contributed by atoms with Crippen LogP contribution in [0.1, 0.15) is 6.92 Å². The highest BCUT2D eigenvalue weighted by Gasteiger charge is 2.31. The Labute approximate surface area is 110 Å². The second-order valence-corrected chi connectivity index (χ2v) is 5.19. The number of allylic oxidation sites excluding steroid dienone is 2. The van der Waals surface area contributed by atoms with Gasteiger partial charge in [0.15, 0.2) is 5.76 Å². The van der Waals surface area contributed by atoms with E-state index in [1.165, 1.54) is 4.90 Å². The molecule has 0 saturated carbocycles. The molecule has 0 aromatic heterocycles. The molecule has 0 radical (unpaired) electrons. The number of hydrogen-bond donors (Lipinski definition) is 0. The van der Waals surface area contributed by atoms with Crippen LogP contribution in [0.4, 0.5) is 0 Å². The number of carbonyl (C=O) groups excluding carboxylic acids is 1. The summed E-state index contributed by atoms with van der Waals surface area (Å²) in [5.74, 6) is 1.24. The van der Waals surface area contributed by atoms with E-state index in [4.69, 9.17) is 17.0 Å². The SMILES string of the molecule is CCN1C(=O)/C(=C/C=C2/SCCN2C)OC1=S. The van der Waals surface area contributed by atoms with Crippen LogP contribution in [0.5, 0.6) is 0 Å². The first-order valence-electron chi connectivity index (χ1n) is 5.43. The van der Waals surface area contributed by atoms with Gasteiger partial charge in [-0.1, -0.05) is 0 Å². The third kappa shape index (κ3) is 2.47. The largest absolute Gasteiger partial charge is 0.426 e. The average Bonchev–Trinajstić information content (AvgIpc) is 2.81. The predicted octanol–water partition coefficient (Wildman–Crippen LogP) is 1.55. The zero-order valence-electron chi connectivity index (χ0n) is 9.80. The number of nitrogens with zero attached hydrogens (tertiary/aromatic N) is 2. The fraction of sp³-hybridized carbons (Fsp3) is 0.455. The number of carbonyl (C=O) groups is 1. The van der Waals surface area contributed by atoms with Gasteiger partial charge in [-0.2, -0.15) is 0 Å². The van der Waals surface area contributed by atoms with Crippen LogP contribution in [-0.4, -0.2) is 46.8 Å². The van der Waals surface area contributed by atoms with Crippen LogP contribution in [0, 0.1) is 0 Å². The van der Waals surface area contributed by atoms with E-state index >= 15 is 0 Å². The summed E-state index contributed by atoms with van der Waals surface area (Å²) in [5.41, 5.74) is 0. The molecule has 4 nitrogen and oxygen atoms in total. The van der Waals surface area contributed by atoms with Gasteiger partial charge in [-0.3, -0.25) is 9.69 Å². The molecule has 0 bridgehead atoms. The van der Waals surface area contributed by atoms with Crippen molar-refractivity contribution in [1.82, 2.24) is 9.80 Å². The van der Waals surface area contributed by atoms with Gasteiger partial charge in [-0.25, -0.2) is 0 Å². The van der Waals surface area contributed by atoms with E-state index in [0.29, 0.717) is 12.3 Å². The Morgan fingerprint density at radius 3 is 2.82 bits per heavy atom. The molecule has 0 unspecified atom stereocenters. The molecule has 0 spiro atoms. The van der Waals surface area contributed by atoms with Gasteiger partial charge < -0.3 is 9.64 Å². The number of rotatable bonds is 2. The standard InChI is InChI=1S/C11H14N2O2S2/c1-3-13-10(14)8(15-11(13)16)4-5-9-12(2)6-7-17-9/h4-5H,3,6-7H2,1-2H3/b8-4-,9-5+. The van der Waals surface area contributed by atoms with Gasteiger partial charge in [0, 0.05) is 25.9 Å². The topological polar surface area (TPSA) is 32.8 Å². The molecule has 0 aromatic carbocycles. The van der Waals surface area contributed by atoms with Gasteiger partial charge in [0.2, 0.25) is 0 Å². The lowest BCUT2D eigenvalue weighted by Gasteiger charge is -2.09. The van der Waals surface area contributed by atoms with Crippen molar-refractivity contribution < 1.29 is 9.53 Å². The molecule has 0 aliphatic carbocycles. The highest BCUT2D eigenvalue weighted by Crippen LogP contribution is 2.26. The molecule has 2 heterocycles. The maximum absolute atomic E-state index is 11.8. The number of likely N-dealkylation sites (N-methyl/N-ethyl adjacent to an activating group) is 1. The van der Waals surface area contributed by atoms with E-state index in [-0.39, 0.29) is 11.1 Å². The second-order valence-electron chi connectivity index (χ2n) is 3.72. The minimum absolute atomic E-state index is 0.153. The summed E-state index contributed by atoms with van der Waals surface area (Å²) in [7, 11) is 2.03. The summed E-state index contributed by atoms with van der Waals surface area (Å²) in [5, 5.41) is 1.39. The third-order valence-electron chi connectivity index (χ3n) is 2.62. The summed E-state index contributed by atoms with van der Waals surface area (Å²) in [6.07, 6.45) is 3.61. The van der Waals surface area contributed by atoms with Crippen LogP contribution in [0.3, 0.4) is 0 Å². The molecule has 2 aliphatic heterocycles. The number of thioether (sulfide) groups is 1. The minimum atomic E-state index is -0.153. The highest BCUT2D eigenvalue weighted by molar-refractivity contribution is 8.03. The molecule has 2 aliphatic rings. The Bertz CT molecular complexity index is 418. The van der Waals surface area contributed by atoms with E-state index in [1.807, 2.05) is 20.0 Å². The molecule has 17 heavy (non-hydrogen) atoms. The van der Waals surface area contributed by atoms with E-state index in [9.17, 15) is 4.79 Å². The minimum Gasteiger partial charge on any atom is -0.426 e. The molecule has 2 fully saturated rings. The quantitative estimate of drug-likeness (QED) is 0.561. The van der Waals surface area contributed by atoms with Crippen molar-refractivity contribution in [3.05, 3.63) is 22.9 Å². The van der Waals surface area contributed by atoms with Crippen molar-refractivity contribution in [2.24, 2.45) is 0 Å². The smallest absolute Gasteiger partial charge is 0.297 e. The van der Waals surface area contributed by atoms with Crippen molar-refractivity contribution in [1.29, 1.82) is 0 Å². The lowest BCUT2D eigenvalue weighted by molar-refractivity contribution is -0.122. The lowest BCUT2D eigenvalue weighted by Crippen LogP contribution is -2.27. The molecule has 92 valence electrons. The van der Waals surface area contributed by atoms with Gasteiger partial charge in [0.25, 0.3) is 11.1 Å². The van der Waals surface area contributed by atoms with Crippen molar-refractivity contribution in [3.8, 4) is 0 Å². The monoisotopic (exact) mass is 270 g/mol. The fourth-order valence-electron chi connectivity index (χ4n) is 1.62. The summed E-state index contributed by atoms with van der Waals surface area (Å²) in [6, 6.07) is 0. The summed E-state index contributed by atoms with van der Waals surface area (Å²) in [4.78, 5) is 15.4. The van der Waals surface area contributed by atoms with Gasteiger partial charge in [-0.15, -0.1) is 11.8 Å². The third-order valence-corrected chi connectivity index (χ3v) is 4.05. The molecule has 0 N–H and O–H groups in total. The average molecular weight is 270 g/mol. The van der Waals surface area contributed by atoms with Crippen molar-refractivity contribution in [2.45, 2.75) is 6.92 Å².